The standard InChI is InChI=1S/C14H17N5O3/c1-7-6-18-10-11(15-13(18)16(7)4)17(5)14(22)19(12(10)21)8(2)9(3)20/h6,8H,1-5H3/t8-/m0/s1. The molecule has 0 saturated heterocycles. The van der Waals surface area contributed by atoms with Crippen LogP contribution in [-0.2, 0) is 18.9 Å². The molecule has 0 radical (unpaired) electrons. The van der Waals surface area contributed by atoms with Crippen LogP contribution in [0.3, 0.4) is 0 Å². The molecule has 1 atom stereocenters. The van der Waals surface area contributed by atoms with Crippen LogP contribution >= 0.6 is 0 Å². The van der Waals surface area contributed by atoms with Crippen molar-refractivity contribution in [3.8, 4) is 0 Å². The first-order valence-corrected chi connectivity index (χ1v) is 6.91. The summed E-state index contributed by atoms with van der Waals surface area (Å²) in [4.78, 5) is 41.2. The quantitative estimate of drug-likeness (QED) is 0.674. The molecule has 3 aromatic heterocycles. The Bertz CT molecular complexity index is 1050. The second kappa shape index (κ2) is 4.43. The van der Waals surface area contributed by atoms with Crippen LogP contribution in [0.4, 0.5) is 0 Å². The van der Waals surface area contributed by atoms with Crippen molar-refractivity contribution in [1.82, 2.24) is 23.1 Å². The molecule has 3 heterocycles. The first kappa shape index (κ1) is 14.3. The van der Waals surface area contributed by atoms with Gasteiger partial charge in [0.25, 0.3) is 5.56 Å². The third-order valence-electron chi connectivity index (χ3n) is 4.23. The smallest absolute Gasteiger partial charge is 0.317 e. The zero-order valence-corrected chi connectivity index (χ0v) is 13.1. The Morgan fingerprint density at radius 1 is 1.23 bits per heavy atom. The number of Topliss-reactive ketones (excluding diaryl/α,β-unsaturated/α-hetero) is 1. The number of carbonyl (C=O) groups is 1. The van der Waals surface area contributed by atoms with Crippen molar-refractivity contribution in [2.75, 3.05) is 0 Å². The van der Waals surface area contributed by atoms with Gasteiger partial charge in [0, 0.05) is 26.0 Å². The summed E-state index contributed by atoms with van der Waals surface area (Å²) in [6, 6.07) is -0.814. The molecule has 8 heteroatoms. The molecule has 8 nitrogen and oxygen atoms in total. The van der Waals surface area contributed by atoms with Gasteiger partial charge in [-0.25, -0.2) is 9.36 Å². The molecule has 0 aliphatic rings. The topological polar surface area (TPSA) is 83.3 Å². The monoisotopic (exact) mass is 303 g/mol. The molecule has 0 N–H and O–H groups in total. The number of aromatic nitrogens is 5. The van der Waals surface area contributed by atoms with Crippen LogP contribution in [0, 0.1) is 6.92 Å². The Kier molecular flexibility index (Phi) is 2.88. The molecule has 3 rings (SSSR count). The van der Waals surface area contributed by atoms with Crippen molar-refractivity contribution in [3.63, 3.8) is 0 Å². The largest absolute Gasteiger partial charge is 0.333 e. The predicted octanol–water partition coefficient (Wildman–Crippen LogP) is 0.145. The first-order valence-electron chi connectivity index (χ1n) is 6.91. The number of hydrogen-bond donors (Lipinski definition) is 0. The summed E-state index contributed by atoms with van der Waals surface area (Å²) in [6.07, 6.45) is 1.79. The lowest BCUT2D eigenvalue weighted by Gasteiger charge is -2.12. The van der Waals surface area contributed by atoms with Crippen LogP contribution in [0.15, 0.2) is 15.8 Å². The highest BCUT2D eigenvalue weighted by atomic mass is 16.2. The van der Waals surface area contributed by atoms with E-state index in [-0.39, 0.29) is 5.78 Å². The summed E-state index contributed by atoms with van der Waals surface area (Å²) in [5.74, 6) is 0.330. The SMILES string of the molecule is CC(=O)[C@H](C)n1c(=O)c2c(nc3n(C)c(C)cn23)n(C)c1=O. The number of aryl methyl sites for hydroxylation is 3. The Balaban J connectivity index is 2.58. The van der Waals surface area contributed by atoms with E-state index in [2.05, 4.69) is 4.98 Å². The normalized spacial score (nSPS) is 13.1. The minimum atomic E-state index is -0.814. The molecule has 0 saturated carbocycles. The molecule has 0 amide bonds. The number of rotatable bonds is 2. The van der Waals surface area contributed by atoms with Gasteiger partial charge in [0.05, 0.1) is 6.04 Å². The van der Waals surface area contributed by atoms with Gasteiger partial charge in [0.2, 0.25) is 5.78 Å². The lowest BCUT2D eigenvalue weighted by atomic mass is 10.2. The van der Waals surface area contributed by atoms with Gasteiger partial charge in [-0.1, -0.05) is 0 Å². The van der Waals surface area contributed by atoms with Crippen molar-refractivity contribution in [2.45, 2.75) is 26.8 Å². The Labute approximate surface area is 125 Å². The van der Waals surface area contributed by atoms with Crippen molar-refractivity contribution < 1.29 is 4.79 Å². The molecule has 0 fully saturated rings. The third-order valence-corrected chi connectivity index (χ3v) is 4.23. The summed E-state index contributed by atoms with van der Waals surface area (Å²) in [6.45, 7) is 4.81. The Morgan fingerprint density at radius 3 is 2.45 bits per heavy atom. The molecular formula is C14H17N5O3. The van der Waals surface area contributed by atoms with E-state index in [0.29, 0.717) is 16.9 Å². The van der Waals surface area contributed by atoms with Gasteiger partial charge in [-0.3, -0.25) is 18.6 Å². The lowest BCUT2D eigenvalue weighted by Crippen LogP contribution is -2.42. The first-order chi connectivity index (χ1) is 10.3. The average Bonchev–Trinajstić information content (AvgIpc) is 2.95. The maximum absolute atomic E-state index is 12.8. The molecule has 0 spiro atoms. The molecule has 0 aliphatic heterocycles. The van der Waals surface area contributed by atoms with Crippen molar-refractivity contribution >= 4 is 22.7 Å². The van der Waals surface area contributed by atoms with E-state index in [1.54, 1.807) is 24.6 Å². The van der Waals surface area contributed by atoms with E-state index in [1.807, 2.05) is 18.5 Å². The number of ketones is 1. The van der Waals surface area contributed by atoms with Crippen LogP contribution < -0.4 is 11.2 Å². The molecule has 0 aromatic carbocycles. The van der Waals surface area contributed by atoms with Crippen molar-refractivity contribution in [1.29, 1.82) is 0 Å². The van der Waals surface area contributed by atoms with Crippen LogP contribution in [0.2, 0.25) is 0 Å². The lowest BCUT2D eigenvalue weighted by molar-refractivity contribution is -0.119. The van der Waals surface area contributed by atoms with E-state index in [4.69, 9.17) is 0 Å². The number of carbonyl (C=O) groups excluding carboxylic acids is 1. The summed E-state index contributed by atoms with van der Waals surface area (Å²) < 4.78 is 5.79. The van der Waals surface area contributed by atoms with Gasteiger partial charge in [-0.15, -0.1) is 0 Å². The average molecular weight is 303 g/mol. The second-order valence-electron chi connectivity index (χ2n) is 5.59. The predicted molar refractivity (Wildman–Crippen MR) is 81.3 cm³/mol. The van der Waals surface area contributed by atoms with Crippen LogP contribution in [-0.4, -0.2) is 28.9 Å². The van der Waals surface area contributed by atoms with E-state index in [9.17, 15) is 14.4 Å². The van der Waals surface area contributed by atoms with Crippen molar-refractivity contribution in [2.24, 2.45) is 14.1 Å². The van der Waals surface area contributed by atoms with E-state index in [0.717, 1.165) is 10.3 Å². The van der Waals surface area contributed by atoms with E-state index in [1.165, 1.54) is 11.5 Å². The Morgan fingerprint density at radius 2 is 1.86 bits per heavy atom. The van der Waals surface area contributed by atoms with Gasteiger partial charge >= 0.3 is 5.69 Å². The van der Waals surface area contributed by atoms with Crippen molar-refractivity contribution in [3.05, 3.63) is 32.7 Å². The second-order valence-corrected chi connectivity index (χ2v) is 5.59. The fourth-order valence-corrected chi connectivity index (χ4v) is 2.61. The summed E-state index contributed by atoms with van der Waals surface area (Å²) in [7, 11) is 3.39. The summed E-state index contributed by atoms with van der Waals surface area (Å²) in [5.41, 5.74) is 0.504. The van der Waals surface area contributed by atoms with E-state index >= 15 is 0 Å². The maximum Gasteiger partial charge on any atom is 0.333 e. The highest BCUT2D eigenvalue weighted by Gasteiger charge is 2.23. The Hall–Kier alpha value is -2.64. The number of fused-ring (bicyclic) bond motifs is 3. The number of imidazole rings is 2. The van der Waals surface area contributed by atoms with Gasteiger partial charge < -0.3 is 4.57 Å². The molecule has 3 aromatic rings. The highest BCUT2D eigenvalue weighted by molar-refractivity contribution is 5.80. The van der Waals surface area contributed by atoms with Gasteiger partial charge in [-0.05, 0) is 20.8 Å². The number of hydrogen-bond acceptors (Lipinski definition) is 4. The van der Waals surface area contributed by atoms with Crippen LogP contribution in [0.25, 0.3) is 16.9 Å². The summed E-state index contributed by atoms with van der Waals surface area (Å²) >= 11 is 0. The van der Waals surface area contributed by atoms with Gasteiger partial charge in [0.15, 0.2) is 16.9 Å². The summed E-state index contributed by atoms with van der Waals surface area (Å²) in [5, 5.41) is 0. The fraction of sp³-hybridized carbons (Fsp3) is 0.429. The molecule has 22 heavy (non-hydrogen) atoms. The van der Waals surface area contributed by atoms with Gasteiger partial charge in [0.1, 0.15) is 0 Å². The number of nitrogens with zero attached hydrogens (tertiary/aromatic N) is 5. The fourth-order valence-electron chi connectivity index (χ4n) is 2.61. The van der Waals surface area contributed by atoms with Crippen LogP contribution in [0.5, 0.6) is 0 Å². The van der Waals surface area contributed by atoms with Crippen LogP contribution in [0.1, 0.15) is 25.6 Å². The van der Waals surface area contributed by atoms with E-state index < -0.39 is 17.3 Å². The minimum absolute atomic E-state index is 0.247. The maximum atomic E-state index is 12.8. The third kappa shape index (κ3) is 1.63. The zero-order valence-electron chi connectivity index (χ0n) is 13.1. The zero-order chi connectivity index (χ0) is 16.3. The molecule has 0 unspecified atom stereocenters. The molecule has 116 valence electrons. The molecule has 0 aliphatic carbocycles. The van der Waals surface area contributed by atoms with Gasteiger partial charge in [-0.2, -0.15) is 4.98 Å². The molecule has 0 bridgehead atoms. The highest BCUT2D eigenvalue weighted by Crippen LogP contribution is 2.15. The molecular weight excluding hydrogens is 286 g/mol. The minimum Gasteiger partial charge on any atom is -0.317 e.